The third-order valence-electron chi connectivity index (χ3n) is 8.18. The van der Waals surface area contributed by atoms with Gasteiger partial charge >= 0.3 is 0 Å². The highest BCUT2D eigenvalue weighted by Gasteiger charge is 2.35. The Bertz CT molecular complexity index is 1410. The minimum absolute atomic E-state index is 0.0268. The Hall–Kier alpha value is -4.38. The zero-order chi connectivity index (χ0) is 32.9. The molecule has 45 heavy (non-hydrogen) atoms. The molecule has 0 spiro atoms. The first-order valence-corrected chi connectivity index (χ1v) is 15.4. The van der Waals surface area contributed by atoms with Gasteiger partial charge in [-0.15, -0.1) is 0 Å². The van der Waals surface area contributed by atoms with E-state index in [0.717, 1.165) is 12.0 Å². The fourth-order valence-corrected chi connectivity index (χ4v) is 5.45. The summed E-state index contributed by atoms with van der Waals surface area (Å²) in [5.41, 5.74) is 1.51. The van der Waals surface area contributed by atoms with Crippen LogP contribution in [-0.2, 0) is 30.4 Å². The van der Waals surface area contributed by atoms with Crippen LogP contribution in [0, 0.1) is 11.3 Å². The number of carbonyl (C=O) groups excluding carboxylic acids is 6. The SMILES string of the molecule is C[C@H](C[C@H](O)[C@H](Cc1ccccc1)NC(=O)c1cc(N2CCC(=O)C2=O)cc(N2CCC(=O)C2=O)c1)C(=O)NCCC(C)(C)C. The molecule has 0 saturated carbocycles. The maximum Gasteiger partial charge on any atom is 0.294 e. The van der Waals surface area contributed by atoms with E-state index >= 15 is 0 Å². The van der Waals surface area contributed by atoms with Crippen LogP contribution in [-0.4, -0.2) is 72.1 Å². The Morgan fingerprint density at radius 3 is 1.93 bits per heavy atom. The average Bonchev–Trinajstić information content (AvgIpc) is 3.51. The molecule has 2 aliphatic heterocycles. The van der Waals surface area contributed by atoms with E-state index in [1.165, 1.54) is 28.0 Å². The number of ketones is 2. The number of aliphatic hydroxyl groups excluding tert-OH is 1. The number of benzene rings is 2. The van der Waals surface area contributed by atoms with Crippen molar-refractivity contribution in [1.29, 1.82) is 0 Å². The van der Waals surface area contributed by atoms with Crippen LogP contribution in [0.3, 0.4) is 0 Å². The number of amides is 4. The van der Waals surface area contributed by atoms with Gasteiger partial charge in [0.25, 0.3) is 17.7 Å². The Kier molecular flexibility index (Phi) is 10.5. The van der Waals surface area contributed by atoms with Crippen LogP contribution in [0.25, 0.3) is 0 Å². The first kappa shape index (κ1) is 33.5. The molecule has 2 saturated heterocycles. The van der Waals surface area contributed by atoms with Crippen molar-refractivity contribution in [3.8, 4) is 0 Å². The number of aliphatic hydroxyl groups is 1. The van der Waals surface area contributed by atoms with Gasteiger partial charge in [0.1, 0.15) is 0 Å². The van der Waals surface area contributed by atoms with E-state index in [2.05, 4.69) is 31.4 Å². The maximum absolute atomic E-state index is 13.8. The molecule has 0 unspecified atom stereocenters. The zero-order valence-corrected chi connectivity index (χ0v) is 26.3. The Labute approximate surface area is 263 Å². The van der Waals surface area contributed by atoms with Crippen molar-refractivity contribution in [1.82, 2.24) is 10.6 Å². The van der Waals surface area contributed by atoms with Gasteiger partial charge in [-0.1, -0.05) is 58.0 Å². The standard InChI is InChI=1S/C34H42N4O7/c1-21(30(42)35-13-12-34(2,3)4)16-29(41)26(17-22-8-6-5-7-9-22)36-31(43)23-18-24(37-14-10-27(39)32(37)44)20-25(19-23)38-15-11-28(40)33(38)45/h5-9,18-21,26,29,41H,10-17H2,1-4H3,(H,35,42)(H,36,43)/t21-,26+,29+/m1/s1. The fourth-order valence-electron chi connectivity index (χ4n) is 5.45. The van der Waals surface area contributed by atoms with Crippen LogP contribution in [0.4, 0.5) is 11.4 Å². The van der Waals surface area contributed by atoms with Gasteiger partial charge in [-0.25, -0.2) is 0 Å². The minimum atomic E-state index is -1.09. The van der Waals surface area contributed by atoms with E-state index in [0.29, 0.717) is 6.54 Å². The molecular formula is C34H42N4O7. The van der Waals surface area contributed by atoms with E-state index in [9.17, 15) is 33.9 Å². The molecule has 0 bridgehead atoms. The lowest BCUT2D eigenvalue weighted by Crippen LogP contribution is -2.46. The molecule has 2 aromatic rings. The molecule has 2 aliphatic rings. The van der Waals surface area contributed by atoms with Crippen LogP contribution < -0.4 is 20.4 Å². The van der Waals surface area contributed by atoms with Crippen LogP contribution in [0.1, 0.15) is 69.3 Å². The van der Waals surface area contributed by atoms with Crippen molar-refractivity contribution in [2.24, 2.45) is 11.3 Å². The molecular weight excluding hydrogens is 576 g/mol. The number of hydrogen-bond acceptors (Lipinski definition) is 7. The predicted molar refractivity (Wildman–Crippen MR) is 169 cm³/mol. The first-order valence-electron chi connectivity index (χ1n) is 15.4. The Morgan fingerprint density at radius 1 is 0.889 bits per heavy atom. The molecule has 3 N–H and O–H groups in total. The van der Waals surface area contributed by atoms with Gasteiger partial charge in [-0.05, 0) is 48.4 Å². The van der Waals surface area contributed by atoms with Gasteiger partial charge in [-0.3, -0.25) is 28.8 Å². The summed E-state index contributed by atoms with van der Waals surface area (Å²) in [5.74, 6) is -3.83. The van der Waals surface area contributed by atoms with E-state index in [1.54, 1.807) is 6.92 Å². The van der Waals surface area contributed by atoms with Crippen LogP contribution in [0.2, 0.25) is 0 Å². The topological polar surface area (TPSA) is 153 Å². The molecule has 4 amide bonds. The summed E-state index contributed by atoms with van der Waals surface area (Å²) in [6.07, 6.45) is 0.139. The lowest BCUT2D eigenvalue weighted by molar-refractivity contribution is -0.133. The largest absolute Gasteiger partial charge is 0.391 e. The molecule has 0 aromatic heterocycles. The molecule has 11 nitrogen and oxygen atoms in total. The van der Waals surface area contributed by atoms with Crippen molar-refractivity contribution in [3.63, 3.8) is 0 Å². The van der Waals surface area contributed by atoms with Crippen molar-refractivity contribution in [3.05, 3.63) is 59.7 Å². The molecule has 0 aliphatic carbocycles. The normalized spacial score (nSPS) is 17.4. The molecule has 2 aromatic carbocycles. The Morgan fingerprint density at radius 2 is 1.44 bits per heavy atom. The third-order valence-corrected chi connectivity index (χ3v) is 8.18. The van der Waals surface area contributed by atoms with Gasteiger partial charge in [0.05, 0.1) is 12.1 Å². The number of nitrogens with zero attached hydrogens (tertiary/aromatic N) is 2. The van der Waals surface area contributed by atoms with Gasteiger partial charge in [0, 0.05) is 55.3 Å². The number of rotatable bonds is 12. The molecule has 240 valence electrons. The average molecular weight is 619 g/mol. The highest BCUT2D eigenvalue weighted by atomic mass is 16.3. The number of anilines is 2. The summed E-state index contributed by atoms with van der Waals surface area (Å²) in [6.45, 7) is 8.77. The summed E-state index contributed by atoms with van der Waals surface area (Å²) in [6, 6.07) is 12.9. The van der Waals surface area contributed by atoms with E-state index in [4.69, 9.17) is 0 Å². The number of carbonyl (C=O) groups is 6. The molecule has 2 heterocycles. The fraction of sp³-hybridized carbons (Fsp3) is 0.471. The van der Waals surface area contributed by atoms with Crippen LogP contribution in [0.5, 0.6) is 0 Å². The maximum atomic E-state index is 13.8. The summed E-state index contributed by atoms with van der Waals surface area (Å²) >= 11 is 0. The second kappa shape index (κ2) is 14.2. The smallest absolute Gasteiger partial charge is 0.294 e. The van der Waals surface area contributed by atoms with Gasteiger partial charge in [0.15, 0.2) is 0 Å². The lowest BCUT2D eigenvalue weighted by Gasteiger charge is -2.27. The summed E-state index contributed by atoms with van der Waals surface area (Å²) in [5, 5.41) is 17.2. The van der Waals surface area contributed by atoms with Gasteiger partial charge < -0.3 is 25.5 Å². The lowest BCUT2D eigenvalue weighted by atomic mass is 9.91. The monoisotopic (exact) mass is 618 g/mol. The molecule has 4 rings (SSSR count). The molecule has 2 fully saturated rings. The quantitative estimate of drug-likeness (QED) is 0.309. The highest BCUT2D eigenvalue weighted by Crippen LogP contribution is 2.30. The summed E-state index contributed by atoms with van der Waals surface area (Å²) < 4.78 is 0. The van der Waals surface area contributed by atoms with Crippen molar-refractivity contribution in [2.45, 2.75) is 71.9 Å². The summed E-state index contributed by atoms with van der Waals surface area (Å²) in [7, 11) is 0. The van der Waals surface area contributed by atoms with E-state index in [-0.39, 0.29) is 67.0 Å². The Balaban J connectivity index is 1.58. The van der Waals surface area contributed by atoms with E-state index in [1.807, 2.05) is 30.3 Å². The third kappa shape index (κ3) is 8.63. The van der Waals surface area contributed by atoms with Crippen LogP contribution in [0.15, 0.2) is 48.5 Å². The number of Topliss-reactive ketones (excluding diaryl/α,β-unsaturated/α-hetero) is 2. The molecule has 3 atom stereocenters. The van der Waals surface area contributed by atoms with Gasteiger partial charge in [0.2, 0.25) is 17.5 Å². The van der Waals surface area contributed by atoms with Crippen LogP contribution >= 0.6 is 0 Å². The first-order chi connectivity index (χ1) is 21.2. The number of nitrogens with one attached hydrogen (secondary N) is 2. The second-order valence-electron chi connectivity index (χ2n) is 13.1. The molecule has 0 radical (unpaired) electrons. The molecule has 11 heteroatoms. The zero-order valence-electron chi connectivity index (χ0n) is 26.3. The minimum Gasteiger partial charge on any atom is -0.391 e. The second-order valence-corrected chi connectivity index (χ2v) is 13.1. The summed E-state index contributed by atoms with van der Waals surface area (Å²) in [4.78, 5) is 78.2. The van der Waals surface area contributed by atoms with Crippen molar-refractivity contribution >= 4 is 46.6 Å². The van der Waals surface area contributed by atoms with E-state index < -0.39 is 47.4 Å². The van der Waals surface area contributed by atoms with Crippen molar-refractivity contribution < 1.29 is 33.9 Å². The van der Waals surface area contributed by atoms with Gasteiger partial charge in [-0.2, -0.15) is 0 Å². The predicted octanol–water partition coefficient (Wildman–Crippen LogP) is 2.58. The van der Waals surface area contributed by atoms with Crippen molar-refractivity contribution in [2.75, 3.05) is 29.4 Å². The number of hydrogen-bond donors (Lipinski definition) is 3. The highest BCUT2D eigenvalue weighted by molar-refractivity contribution is 6.44.